The molecule has 2 amide bonds. The number of nitrogens with one attached hydrogen (secondary N) is 2. The summed E-state index contributed by atoms with van der Waals surface area (Å²) < 4.78 is 13.1. The Kier molecular flexibility index (Phi) is 8.32. The number of ether oxygens (including phenoxy) is 2. The van der Waals surface area contributed by atoms with E-state index in [1.807, 2.05) is 60.8 Å². The molecular weight excluding hydrogens is 538 g/mol. The van der Waals surface area contributed by atoms with E-state index >= 15 is 0 Å². The molecule has 1 aromatic heterocycles. The molecule has 1 heterocycles. The number of rotatable bonds is 9. The Morgan fingerprint density at radius 2 is 1.73 bits per heavy atom. The second-order valence-corrected chi connectivity index (χ2v) is 8.68. The molecule has 0 saturated heterocycles. The number of para-hydroxylation sites is 1. The van der Waals surface area contributed by atoms with E-state index in [9.17, 15) is 9.59 Å². The van der Waals surface area contributed by atoms with Crippen LogP contribution in [0.15, 0.2) is 88.6 Å². The Morgan fingerprint density at radius 1 is 1.00 bits per heavy atom. The summed E-state index contributed by atoms with van der Waals surface area (Å²) in [6.45, 7) is -0.257. The van der Waals surface area contributed by atoms with Crippen LogP contribution in [0.25, 0.3) is 16.9 Å². The molecule has 37 heavy (non-hydrogen) atoms. The van der Waals surface area contributed by atoms with Crippen LogP contribution in [0.2, 0.25) is 0 Å². The Bertz CT molecular complexity index is 1420. The minimum Gasteiger partial charge on any atom is -0.493 e. The molecule has 0 aliphatic rings. The van der Waals surface area contributed by atoms with E-state index < -0.39 is 11.8 Å². The first-order chi connectivity index (χ1) is 18.0. The molecular formula is C27H24BrN5O4. The fourth-order valence-corrected chi connectivity index (χ4v) is 3.74. The minimum absolute atomic E-state index is 0.257. The lowest BCUT2D eigenvalue weighted by atomic mass is 10.1. The highest BCUT2D eigenvalue weighted by molar-refractivity contribution is 9.10. The average Bonchev–Trinajstić information content (AvgIpc) is 3.36. The summed E-state index contributed by atoms with van der Waals surface area (Å²) in [6.07, 6.45) is 3.36. The number of amides is 2. The molecule has 0 spiro atoms. The molecule has 3 aromatic carbocycles. The summed E-state index contributed by atoms with van der Waals surface area (Å²) in [7, 11) is 2.99. The molecule has 4 aromatic rings. The van der Waals surface area contributed by atoms with E-state index in [-0.39, 0.29) is 6.54 Å². The molecule has 0 saturated carbocycles. The highest BCUT2D eigenvalue weighted by atomic mass is 79.9. The maximum atomic E-state index is 12.4. The molecule has 10 heteroatoms. The van der Waals surface area contributed by atoms with E-state index in [0.717, 1.165) is 15.7 Å². The summed E-state index contributed by atoms with van der Waals surface area (Å²) in [6, 6.07) is 22.2. The molecule has 4 rings (SSSR count). The fourth-order valence-electron chi connectivity index (χ4n) is 3.48. The number of benzene rings is 3. The highest BCUT2D eigenvalue weighted by Gasteiger charge is 2.13. The predicted octanol–water partition coefficient (Wildman–Crippen LogP) is 4.20. The normalized spacial score (nSPS) is 10.8. The Balaban J connectivity index is 1.43. The van der Waals surface area contributed by atoms with E-state index in [2.05, 4.69) is 31.8 Å². The Morgan fingerprint density at radius 3 is 2.43 bits per heavy atom. The van der Waals surface area contributed by atoms with Gasteiger partial charge in [0.2, 0.25) is 0 Å². The van der Waals surface area contributed by atoms with Crippen molar-refractivity contribution < 1.29 is 19.1 Å². The van der Waals surface area contributed by atoms with E-state index in [1.165, 1.54) is 26.5 Å². The van der Waals surface area contributed by atoms with Crippen molar-refractivity contribution in [3.05, 3.63) is 94.6 Å². The molecule has 0 bridgehead atoms. The van der Waals surface area contributed by atoms with Gasteiger partial charge in [0.05, 0.1) is 32.7 Å². The van der Waals surface area contributed by atoms with Gasteiger partial charge in [0.25, 0.3) is 11.8 Å². The zero-order valence-corrected chi connectivity index (χ0v) is 21.7. The van der Waals surface area contributed by atoms with Gasteiger partial charge in [-0.05, 0) is 42.5 Å². The van der Waals surface area contributed by atoms with Gasteiger partial charge in [-0.2, -0.15) is 10.2 Å². The van der Waals surface area contributed by atoms with Gasteiger partial charge in [-0.3, -0.25) is 9.59 Å². The number of hydrogen-bond donors (Lipinski definition) is 2. The zero-order valence-electron chi connectivity index (χ0n) is 20.1. The maximum Gasteiger partial charge on any atom is 0.259 e. The lowest BCUT2D eigenvalue weighted by Gasteiger charge is -2.09. The van der Waals surface area contributed by atoms with Gasteiger partial charge in [0, 0.05) is 27.4 Å². The van der Waals surface area contributed by atoms with E-state index in [0.29, 0.717) is 28.3 Å². The van der Waals surface area contributed by atoms with Crippen molar-refractivity contribution in [2.45, 2.75) is 0 Å². The number of aromatic nitrogens is 2. The van der Waals surface area contributed by atoms with Crippen molar-refractivity contribution in [1.29, 1.82) is 0 Å². The van der Waals surface area contributed by atoms with Gasteiger partial charge in [-0.25, -0.2) is 10.1 Å². The van der Waals surface area contributed by atoms with Crippen molar-refractivity contribution in [3.63, 3.8) is 0 Å². The third-order valence-corrected chi connectivity index (χ3v) is 5.86. The second-order valence-electron chi connectivity index (χ2n) is 7.77. The molecule has 0 atom stereocenters. The number of halogens is 1. The molecule has 2 N–H and O–H groups in total. The smallest absolute Gasteiger partial charge is 0.259 e. The number of carbonyl (C=O) groups is 2. The van der Waals surface area contributed by atoms with Gasteiger partial charge in [0.1, 0.15) is 5.69 Å². The standard InChI is InChI=1S/C27H24BrN5O4/c1-36-23-13-10-19(14-24(23)37-2)27(35)29-16-25(34)31-30-15-20-17-33(22-6-4-3-5-7-22)32-26(20)18-8-11-21(28)12-9-18/h3-15,17H,16H2,1-2H3,(H,29,35)(H,31,34)/b30-15-. The molecule has 188 valence electrons. The Labute approximate surface area is 222 Å². The van der Waals surface area contributed by atoms with Crippen molar-refractivity contribution in [2.75, 3.05) is 20.8 Å². The Hall–Kier alpha value is -4.44. The minimum atomic E-state index is -0.481. The third-order valence-electron chi connectivity index (χ3n) is 5.33. The van der Waals surface area contributed by atoms with Gasteiger partial charge in [-0.15, -0.1) is 0 Å². The number of carbonyl (C=O) groups excluding carboxylic acids is 2. The third kappa shape index (κ3) is 6.42. The van der Waals surface area contributed by atoms with E-state index in [4.69, 9.17) is 14.6 Å². The van der Waals surface area contributed by atoms with Crippen LogP contribution in [-0.4, -0.2) is 48.6 Å². The summed E-state index contributed by atoms with van der Waals surface area (Å²) in [5, 5.41) is 11.4. The summed E-state index contributed by atoms with van der Waals surface area (Å²) >= 11 is 3.45. The molecule has 0 unspecified atom stereocenters. The quantitative estimate of drug-likeness (QED) is 0.235. The number of hydrazone groups is 1. The maximum absolute atomic E-state index is 12.4. The van der Waals surface area contributed by atoms with Crippen LogP contribution in [0.3, 0.4) is 0 Å². The van der Waals surface area contributed by atoms with Gasteiger partial charge < -0.3 is 14.8 Å². The molecule has 9 nitrogen and oxygen atoms in total. The summed E-state index contributed by atoms with van der Waals surface area (Å²) in [5.74, 6) is 0.0125. The molecule has 0 fully saturated rings. The van der Waals surface area contributed by atoms with Crippen LogP contribution >= 0.6 is 15.9 Å². The average molecular weight is 562 g/mol. The van der Waals surface area contributed by atoms with E-state index in [1.54, 1.807) is 16.8 Å². The van der Waals surface area contributed by atoms with Gasteiger partial charge >= 0.3 is 0 Å². The van der Waals surface area contributed by atoms with Crippen molar-refractivity contribution in [3.8, 4) is 28.4 Å². The SMILES string of the molecule is COc1ccc(C(=O)NCC(=O)N/N=C\c2cn(-c3ccccc3)nc2-c2ccc(Br)cc2)cc1OC. The largest absolute Gasteiger partial charge is 0.493 e. The topological polar surface area (TPSA) is 107 Å². The predicted molar refractivity (Wildman–Crippen MR) is 144 cm³/mol. The second kappa shape index (κ2) is 12.0. The lowest BCUT2D eigenvalue weighted by Crippen LogP contribution is -2.34. The first-order valence-corrected chi connectivity index (χ1v) is 12.0. The fraction of sp³-hybridized carbons (Fsp3) is 0.111. The van der Waals surface area contributed by atoms with Crippen LogP contribution in [0, 0.1) is 0 Å². The van der Waals surface area contributed by atoms with Gasteiger partial charge in [-0.1, -0.05) is 46.3 Å². The number of nitrogens with zero attached hydrogens (tertiary/aromatic N) is 3. The van der Waals surface area contributed by atoms with Crippen LogP contribution < -0.4 is 20.2 Å². The highest BCUT2D eigenvalue weighted by Crippen LogP contribution is 2.27. The monoisotopic (exact) mass is 561 g/mol. The van der Waals surface area contributed by atoms with Crippen molar-refractivity contribution >= 4 is 34.0 Å². The number of hydrogen-bond acceptors (Lipinski definition) is 6. The van der Waals surface area contributed by atoms with Crippen molar-refractivity contribution in [1.82, 2.24) is 20.5 Å². The van der Waals surface area contributed by atoms with Crippen LogP contribution in [0.5, 0.6) is 11.5 Å². The molecule has 0 radical (unpaired) electrons. The van der Waals surface area contributed by atoms with Crippen molar-refractivity contribution in [2.24, 2.45) is 5.10 Å². The summed E-state index contributed by atoms with van der Waals surface area (Å²) in [4.78, 5) is 24.7. The summed E-state index contributed by atoms with van der Waals surface area (Å²) in [5.41, 5.74) is 5.98. The zero-order chi connectivity index (χ0) is 26.2. The van der Waals surface area contributed by atoms with Crippen LogP contribution in [0.1, 0.15) is 15.9 Å². The first kappa shape index (κ1) is 25.6. The first-order valence-electron chi connectivity index (χ1n) is 11.2. The molecule has 0 aliphatic carbocycles. The van der Waals surface area contributed by atoms with Gasteiger partial charge in [0.15, 0.2) is 11.5 Å². The van der Waals surface area contributed by atoms with Crippen LogP contribution in [-0.2, 0) is 4.79 Å². The lowest BCUT2D eigenvalue weighted by molar-refractivity contribution is -0.120. The van der Waals surface area contributed by atoms with Crippen LogP contribution in [0.4, 0.5) is 0 Å². The number of methoxy groups -OCH3 is 2. The molecule has 0 aliphatic heterocycles.